The van der Waals surface area contributed by atoms with Gasteiger partial charge in [-0.15, -0.1) is 17.5 Å². The SMILES string of the molecule is CC(C)CC(C)(CN)NC(=O)c1nc(C(C)C)n(-c2cccc(F)c2)n1.Cl. The highest BCUT2D eigenvalue weighted by Gasteiger charge is 2.29. The standard InChI is InChI=1S/C19H28FN5O.ClH/c1-12(2)10-19(5,11-21)23-18(26)16-22-17(13(3)4)25(24-16)15-8-6-7-14(20)9-15;/h6-9,12-13H,10-11,21H2,1-5H3,(H,23,26);1H. The molecule has 1 aromatic carbocycles. The predicted octanol–water partition coefficient (Wildman–Crippen LogP) is 3.44. The van der Waals surface area contributed by atoms with E-state index in [9.17, 15) is 9.18 Å². The fourth-order valence-corrected chi connectivity index (χ4v) is 3.01. The van der Waals surface area contributed by atoms with E-state index in [2.05, 4.69) is 29.2 Å². The average Bonchev–Trinajstić information content (AvgIpc) is 2.99. The van der Waals surface area contributed by atoms with Crippen LogP contribution in [0.4, 0.5) is 4.39 Å². The molecule has 8 heteroatoms. The summed E-state index contributed by atoms with van der Waals surface area (Å²) in [5, 5.41) is 7.28. The third-order valence-electron chi connectivity index (χ3n) is 4.13. The molecule has 150 valence electrons. The molecule has 1 amide bonds. The Kier molecular flexibility index (Phi) is 7.92. The van der Waals surface area contributed by atoms with Crippen LogP contribution in [0.25, 0.3) is 5.69 Å². The summed E-state index contributed by atoms with van der Waals surface area (Å²) in [5.41, 5.74) is 5.87. The van der Waals surface area contributed by atoms with E-state index >= 15 is 0 Å². The van der Waals surface area contributed by atoms with Crippen molar-refractivity contribution in [3.63, 3.8) is 0 Å². The Hall–Kier alpha value is -1.99. The minimum atomic E-state index is -0.534. The molecule has 1 atom stereocenters. The smallest absolute Gasteiger partial charge is 0.291 e. The maximum absolute atomic E-state index is 13.6. The van der Waals surface area contributed by atoms with Crippen molar-refractivity contribution in [1.29, 1.82) is 0 Å². The van der Waals surface area contributed by atoms with Crippen LogP contribution in [0.2, 0.25) is 0 Å². The summed E-state index contributed by atoms with van der Waals surface area (Å²) < 4.78 is 15.1. The zero-order chi connectivity index (χ0) is 19.5. The maximum atomic E-state index is 13.6. The zero-order valence-electron chi connectivity index (χ0n) is 16.5. The summed E-state index contributed by atoms with van der Waals surface area (Å²) in [5.74, 6) is 0.305. The van der Waals surface area contributed by atoms with Crippen molar-refractivity contribution in [3.05, 3.63) is 41.7 Å². The van der Waals surface area contributed by atoms with E-state index in [1.165, 1.54) is 16.8 Å². The van der Waals surface area contributed by atoms with Gasteiger partial charge in [-0.05, 0) is 37.5 Å². The molecule has 6 nitrogen and oxygen atoms in total. The second-order valence-corrected chi connectivity index (χ2v) is 7.66. The summed E-state index contributed by atoms with van der Waals surface area (Å²) in [6.07, 6.45) is 0.747. The van der Waals surface area contributed by atoms with Crippen LogP contribution in [-0.2, 0) is 0 Å². The first-order valence-electron chi connectivity index (χ1n) is 8.90. The Balaban J connectivity index is 0.00000364. The molecule has 0 aliphatic heterocycles. The Morgan fingerprint density at radius 3 is 2.52 bits per heavy atom. The summed E-state index contributed by atoms with van der Waals surface area (Å²) in [7, 11) is 0. The Morgan fingerprint density at radius 2 is 2.00 bits per heavy atom. The molecule has 0 aliphatic rings. The van der Waals surface area contributed by atoms with Crippen molar-refractivity contribution in [2.45, 2.75) is 52.5 Å². The summed E-state index contributed by atoms with van der Waals surface area (Å²) in [4.78, 5) is 17.1. The number of nitrogens with one attached hydrogen (secondary N) is 1. The quantitative estimate of drug-likeness (QED) is 0.749. The van der Waals surface area contributed by atoms with Crippen LogP contribution in [0.3, 0.4) is 0 Å². The first-order chi connectivity index (χ1) is 12.1. The topological polar surface area (TPSA) is 85.8 Å². The van der Waals surface area contributed by atoms with E-state index < -0.39 is 5.54 Å². The fourth-order valence-electron chi connectivity index (χ4n) is 3.01. The highest BCUT2D eigenvalue weighted by atomic mass is 35.5. The number of rotatable bonds is 7. The summed E-state index contributed by atoms with van der Waals surface area (Å²) in [6, 6.07) is 6.06. The molecule has 0 radical (unpaired) electrons. The van der Waals surface area contributed by atoms with Crippen molar-refractivity contribution in [2.75, 3.05) is 6.54 Å². The molecule has 27 heavy (non-hydrogen) atoms. The average molecular weight is 398 g/mol. The van der Waals surface area contributed by atoms with Crippen LogP contribution >= 0.6 is 12.4 Å². The van der Waals surface area contributed by atoms with Crippen LogP contribution in [0.1, 0.15) is 63.4 Å². The number of hydrogen-bond acceptors (Lipinski definition) is 4. The van der Waals surface area contributed by atoms with Crippen molar-refractivity contribution in [2.24, 2.45) is 11.7 Å². The Labute approximate surface area is 166 Å². The molecule has 0 spiro atoms. The van der Waals surface area contributed by atoms with E-state index in [1.807, 2.05) is 20.8 Å². The minimum absolute atomic E-state index is 0. The molecule has 0 fully saturated rings. The molecule has 0 aliphatic carbocycles. The van der Waals surface area contributed by atoms with Crippen LogP contribution in [0, 0.1) is 11.7 Å². The third kappa shape index (κ3) is 5.74. The second kappa shape index (κ2) is 9.28. The van der Waals surface area contributed by atoms with E-state index in [0.29, 0.717) is 24.0 Å². The lowest BCUT2D eigenvalue weighted by Gasteiger charge is -2.30. The molecule has 1 aromatic heterocycles. The largest absolute Gasteiger partial charge is 0.343 e. The fraction of sp³-hybridized carbons (Fsp3) is 0.526. The highest BCUT2D eigenvalue weighted by molar-refractivity contribution is 5.91. The lowest BCUT2D eigenvalue weighted by Crippen LogP contribution is -2.52. The van der Waals surface area contributed by atoms with E-state index in [1.54, 1.807) is 12.1 Å². The van der Waals surface area contributed by atoms with Crippen LogP contribution in [0.5, 0.6) is 0 Å². The Bertz CT molecular complexity index is 777. The van der Waals surface area contributed by atoms with Crippen LogP contribution in [0.15, 0.2) is 24.3 Å². The minimum Gasteiger partial charge on any atom is -0.343 e. The molecule has 0 saturated heterocycles. The van der Waals surface area contributed by atoms with E-state index in [4.69, 9.17) is 5.73 Å². The van der Waals surface area contributed by atoms with Crippen molar-refractivity contribution >= 4 is 18.3 Å². The second-order valence-electron chi connectivity index (χ2n) is 7.66. The van der Waals surface area contributed by atoms with Crippen molar-refractivity contribution in [1.82, 2.24) is 20.1 Å². The number of nitrogens with zero attached hydrogens (tertiary/aromatic N) is 3. The van der Waals surface area contributed by atoms with Crippen molar-refractivity contribution < 1.29 is 9.18 Å². The third-order valence-corrected chi connectivity index (χ3v) is 4.13. The van der Waals surface area contributed by atoms with Gasteiger partial charge in [0.2, 0.25) is 5.82 Å². The zero-order valence-corrected chi connectivity index (χ0v) is 17.3. The first-order valence-corrected chi connectivity index (χ1v) is 8.90. The van der Waals surface area contributed by atoms with Crippen molar-refractivity contribution in [3.8, 4) is 5.69 Å². The number of halogens is 2. The van der Waals surface area contributed by atoms with Gasteiger partial charge >= 0.3 is 0 Å². The maximum Gasteiger partial charge on any atom is 0.291 e. The van der Waals surface area contributed by atoms with Gasteiger partial charge in [-0.1, -0.05) is 33.8 Å². The molecule has 2 aromatic rings. The highest BCUT2D eigenvalue weighted by Crippen LogP contribution is 2.19. The van der Waals surface area contributed by atoms with Gasteiger partial charge < -0.3 is 11.1 Å². The molecular weight excluding hydrogens is 369 g/mol. The van der Waals surface area contributed by atoms with Crippen LogP contribution < -0.4 is 11.1 Å². The molecule has 1 heterocycles. The number of nitrogens with two attached hydrogens (primary N) is 1. The van der Waals surface area contributed by atoms with Gasteiger partial charge in [-0.2, -0.15) is 0 Å². The molecule has 3 N–H and O–H groups in total. The van der Waals surface area contributed by atoms with Gasteiger partial charge in [0, 0.05) is 12.5 Å². The summed E-state index contributed by atoms with van der Waals surface area (Å²) in [6.45, 7) is 10.3. The molecule has 0 bridgehead atoms. The predicted molar refractivity (Wildman–Crippen MR) is 107 cm³/mol. The number of hydrogen-bond donors (Lipinski definition) is 2. The van der Waals surface area contributed by atoms with Gasteiger partial charge in [0.05, 0.1) is 11.2 Å². The Morgan fingerprint density at radius 1 is 1.33 bits per heavy atom. The number of benzene rings is 1. The normalized spacial score (nSPS) is 13.4. The number of aromatic nitrogens is 3. The van der Waals surface area contributed by atoms with Gasteiger partial charge in [-0.3, -0.25) is 4.79 Å². The first kappa shape index (κ1) is 23.0. The molecule has 2 rings (SSSR count). The van der Waals surface area contributed by atoms with Crippen LogP contribution in [-0.4, -0.2) is 32.8 Å². The molecule has 1 unspecified atom stereocenters. The number of carbonyl (C=O) groups is 1. The molecule has 0 saturated carbocycles. The lowest BCUT2D eigenvalue weighted by atomic mass is 9.90. The molecular formula is C19H29ClFN5O. The van der Waals surface area contributed by atoms with Gasteiger partial charge in [0.1, 0.15) is 11.6 Å². The van der Waals surface area contributed by atoms with E-state index in [-0.39, 0.29) is 35.9 Å². The number of carbonyl (C=O) groups excluding carboxylic acids is 1. The lowest BCUT2D eigenvalue weighted by molar-refractivity contribution is 0.0887. The summed E-state index contributed by atoms with van der Waals surface area (Å²) >= 11 is 0. The van der Waals surface area contributed by atoms with Gasteiger partial charge in [0.15, 0.2) is 0 Å². The van der Waals surface area contributed by atoms with E-state index in [0.717, 1.165) is 6.42 Å². The monoisotopic (exact) mass is 397 g/mol. The van der Waals surface area contributed by atoms with Gasteiger partial charge in [0.25, 0.3) is 5.91 Å². The number of amides is 1. The van der Waals surface area contributed by atoms with Gasteiger partial charge in [-0.25, -0.2) is 14.1 Å².